The average molecular weight is 323 g/mol. The summed E-state index contributed by atoms with van der Waals surface area (Å²) in [6.07, 6.45) is 2.91. The normalized spacial score (nSPS) is 10.8. The van der Waals surface area contributed by atoms with Gasteiger partial charge in [-0.2, -0.15) is 24.7 Å². The summed E-state index contributed by atoms with van der Waals surface area (Å²) in [4.78, 5) is 23.7. The van der Waals surface area contributed by atoms with Crippen LogP contribution in [0.1, 0.15) is 10.6 Å². The molecule has 3 aromatic heterocycles. The minimum Gasteiger partial charge on any atom is -0.338 e. The topological polar surface area (TPSA) is 85.5 Å². The predicted molar refractivity (Wildman–Crippen MR) is 78.7 cm³/mol. The van der Waals surface area contributed by atoms with E-state index in [1.54, 1.807) is 11.3 Å². The molecule has 0 aliphatic heterocycles. The van der Waals surface area contributed by atoms with Gasteiger partial charge in [-0.05, 0) is 18.5 Å². The highest BCUT2D eigenvalue weighted by Crippen LogP contribution is 2.18. The summed E-state index contributed by atoms with van der Waals surface area (Å²) in [6.45, 7) is 2.62. The van der Waals surface area contributed by atoms with Gasteiger partial charge in [0.25, 0.3) is 5.95 Å². The molecule has 0 N–H and O–H groups in total. The van der Waals surface area contributed by atoms with Crippen LogP contribution >= 0.6 is 22.9 Å². The third-order valence-electron chi connectivity index (χ3n) is 2.78. The van der Waals surface area contributed by atoms with Crippen molar-refractivity contribution in [1.29, 1.82) is 0 Å². The van der Waals surface area contributed by atoms with Gasteiger partial charge in [0.1, 0.15) is 12.7 Å². The van der Waals surface area contributed by atoms with Crippen LogP contribution < -0.4 is 4.90 Å². The lowest BCUT2D eigenvalue weighted by atomic mass is 10.4. The molecule has 0 radical (unpaired) electrons. The lowest BCUT2D eigenvalue weighted by molar-refractivity contribution is 0.773. The highest BCUT2D eigenvalue weighted by atomic mass is 35.5. The van der Waals surface area contributed by atoms with E-state index in [9.17, 15) is 0 Å². The van der Waals surface area contributed by atoms with Crippen LogP contribution in [0, 0.1) is 6.92 Å². The van der Waals surface area contributed by atoms with Crippen molar-refractivity contribution < 1.29 is 0 Å². The molecule has 21 heavy (non-hydrogen) atoms. The molecule has 3 aromatic rings. The summed E-state index contributed by atoms with van der Waals surface area (Å²) in [5, 5.41) is 4.10. The number of rotatable bonds is 4. The molecule has 0 bridgehead atoms. The Morgan fingerprint density at radius 3 is 2.86 bits per heavy atom. The second-order valence-corrected chi connectivity index (χ2v) is 5.54. The lowest BCUT2D eigenvalue weighted by Crippen LogP contribution is -2.20. The largest absolute Gasteiger partial charge is 0.338 e. The summed E-state index contributed by atoms with van der Waals surface area (Å²) in [5.74, 6) is 0.795. The van der Waals surface area contributed by atoms with E-state index in [-0.39, 0.29) is 5.28 Å². The van der Waals surface area contributed by atoms with Crippen molar-refractivity contribution >= 4 is 28.9 Å². The molecule has 0 saturated heterocycles. The van der Waals surface area contributed by atoms with Gasteiger partial charge in [-0.3, -0.25) is 0 Å². The predicted octanol–water partition coefficient (Wildman–Crippen LogP) is 1.51. The first-order valence-corrected chi connectivity index (χ1v) is 7.26. The van der Waals surface area contributed by atoms with E-state index in [1.165, 1.54) is 17.3 Å². The molecule has 0 spiro atoms. The van der Waals surface area contributed by atoms with E-state index in [2.05, 4.69) is 30.0 Å². The van der Waals surface area contributed by atoms with Crippen LogP contribution in [0.5, 0.6) is 0 Å². The second-order valence-electron chi connectivity index (χ2n) is 4.26. The van der Waals surface area contributed by atoms with Gasteiger partial charge in [0.2, 0.25) is 11.2 Å². The molecule has 0 amide bonds. The molecular weight excluding hydrogens is 312 g/mol. The summed E-state index contributed by atoms with van der Waals surface area (Å²) in [5.41, 5.74) is 2.82. The summed E-state index contributed by atoms with van der Waals surface area (Å²) < 4.78 is 1.43. The van der Waals surface area contributed by atoms with E-state index in [0.29, 0.717) is 18.4 Å². The Kier molecular flexibility index (Phi) is 3.76. The van der Waals surface area contributed by atoms with E-state index in [4.69, 9.17) is 11.6 Å². The Balaban J connectivity index is 1.89. The fourth-order valence-electron chi connectivity index (χ4n) is 1.68. The fraction of sp³-hybridized carbons (Fsp3) is 0.273. The van der Waals surface area contributed by atoms with Crippen molar-refractivity contribution in [2.24, 2.45) is 0 Å². The number of hydrogen-bond acceptors (Lipinski definition) is 8. The zero-order chi connectivity index (χ0) is 14.8. The summed E-state index contributed by atoms with van der Waals surface area (Å²) in [7, 11) is 1.88. The molecule has 10 heteroatoms. The number of aromatic nitrogens is 7. The number of thiazole rings is 1. The van der Waals surface area contributed by atoms with E-state index >= 15 is 0 Å². The zero-order valence-corrected chi connectivity index (χ0v) is 12.9. The van der Waals surface area contributed by atoms with Gasteiger partial charge >= 0.3 is 0 Å². The third kappa shape index (κ3) is 2.98. The van der Waals surface area contributed by atoms with Gasteiger partial charge in [-0.15, -0.1) is 11.3 Å². The molecule has 0 atom stereocenters. The fourth-order valence-corrected chi connectivity index (χ4v) is 2.66. The molecule has 0 aliphatic rings. The molecule has 0 unspecified atom stereocenters. The van der Waals surface area contributed by atoms with Crippen molar-refractivity contribution in [2.75, 3.05) is 11.9 Å². The van der Waals surface area contributed by atoms with E-state index < -0.39 is 0 Å². The maximum atomic E-state index is 5.96. The van der Waals surface area contributed by atoms with Gasteiger partial charge in [0, 0.05) is 11.9 Å². The van der Waals surface area contributed by atoms with Crippen molar-refractivity contribution in [1.82, 2.24) is 34.7 Å². The van der Waals surface area contributed by atoms with Crippen LogP contribution in [0.15, 0.2) is 18.2 Å². The SMILES string of the molecule is Cc1ncsc1CN(C)c1nc(Cl)nc(-n2cncn2)n1. The average Bonchev–Trinajstić information content (AvgIpc) is 3.11. The van der Waals surface area contributed by atoms with Crippen molar-refractivity contribution in [2.45, 2.75) is 13.5 Å². The Hall–Kier alpha value is -2.13. The van der Waals surface area contributed by atoms with Gasteiger partial charge in [-0.1, -0.05) is 0 Å². The Morgan fingerprint density at radius 2 is 2.19 bits per heavy atom. The van der Waals surface area contributed by atoms with Crippen molar-refractivity contribution in [3.05, 3.63) is 34.0 Å². The highest BCUT2D eigenvalue weighted by molar-refractivity contribution is 7.09. The smallest absolute Gasteiger partial charge is 0.258 e. The van der Waals surface area contributed by atoms with Crippen LogP contribution in [0.25, 0.3) is 5.95 Å². The molecule has 0 saturated carbocycles. The minimum atomic E-state index is 0.110. The molecule has 3 heterocycles. The van der Waals surface area contributed by atoms with E-state index in [1.807, 2.05) is 24.4 Å². The minimum absolute atomic E-state index is 0.110. The zero-order valence-electron chi connectivity index (χ0n) is 11.3. The maximum Gasteiger partial charge on any atom is 0.258 e. The van der Waals surface area contributed by atoms with Gasteiger partial charge in [0.15, 0.2) is 0 Å². The lowest BCUT2D eigenvalue weighted by Gasteiger charge is -2.16. The van der Waals surface area contributed by atoms with Crippen LogP contribution in [0.3, 0.4) is 0 Å². The molecule has 108 valence electrons. The summed E-state index contributed by atoms with van der Waals surface area (Å²) >= 11 is 7.56. The van der Waals surface area contributed by atoms with Gasteiger partial charge in [0.05, 0.1) is 17.7 Å². The van der Waals surface area contributed by atoms with E-state index in [0.717, 1.165) is 10.6 Å². The molecule has 8 nitrogen and oxygen atoms in total. The molecule has 0 aromatic carbocycles. The highest BCUT2D eigenvalue weighted by Gasteiger charge is 2.13. The van der Waals surface area contributed by atoms with Crippen molar-refractivity contribution in [3.63, 3.8) is 0 Å². The van der Waals surface area contributed by atoms with Gasteiger partial charge in [-0.25, -0.2) is 9.97 Å². The maximum absolute atomic E-state index is 5.96. The standard InChI is InChI=1S/C11H11ClN8S/c1-7-8(21-6-14-7)3-19(2)10-16-9(12)17-11(18-10)20-5-13-4-15-20/h4-6H,3H2,1-2H3. The molecule has 3 rings (SSSR count). The molecule has 0 aliphatic carbocycles. The first kappa shape index (κ1) is 13.8. The Bertz CT molecular complexity index is 741. The third-order valence-corrected chi connectivity index (χ3v) is 3.86. The number of hydrogen-bond donors (Lipinski definition) is 0. The monoisotopic (exact) mass is 322 g/mol. The first-order chi connectivity index (χ1) is 10.1. The van der Waals surface area contributed by atoms with Crippen LogP contribution in [-0.4, -0.2) is 41.7 Å². The van der Waals surface area contributed by atoms with Crippen LogP contribution in [0.2, 0.25) is 5.28 Å². The van der Waals surface area contributed by atoms with Crippen LogP contribution in [0.4, 0.5) is 5.95 Å². The quantitative estimate of drug-likeness (QED) is 0.719. The second kappa shape index (κ2) is 5.70. The Labute approximate surface area is 129 Å². The number of halogens is 1. The Morgan fingerprint density at radius 1 is 1.33 bits per heavy atom. The van der Waals surface area contributed by atoms with Gasteiger partial charge < -0.3 is 4.90 Å². The van der Waals surface area contributed by atoms with Crippen LogP contribution in [-0.2, 0) is 6.54 Å². The summed E-state index contributed by atoms with van der Waals surface area (Å²) in [6, 6.07) is 0. The molecular formula is C11H11ClN8S. The first-order valence-electron chi connectivity index (χ1n) is 6.00. The molecule has 0 fully saturated rings. The number of nitrogens with zero attached hydrogens (tertiary/aromatic N) is 8. The van der Waals surface area contributed by atoms with Crippen molar-refractivity contribution in [3.8, 4) is 5.95 Å². The number of anilines is 1. The number of aryl methyl sites for hydroxylation is 1.